The average Bonchev–Trinajstić information content (AvgIpc) is 2.63. The minimum Gasteiger partial charge on any atom is -0.399 e. The molecule has 0 amide bonds. The predicted octanol–water partition coefficient (Wildman–Crippen LogP) is 3.66. The van der Waals surface area contributed by atoms with Gasteiger partial charge >= 0.3 is 0 Å². The summed E-state index contributed by atoms with van der Waals surface area (Å²) in [5.41, 5.74) is 8.08. The maximum atomic E-state index is 13.2. The van der Waals surface area contributed by atoms with Crippen LogP contribution in [0.25, 0.3) is 0 Å². The quantitative estimate of drug-likeness (QED) is 0.689. The fourth-order valence-corrected chi connectivity index (χ4v) is 4.10. The molecule has 0 spiro atoms. The van der Waals surface area contributed by atoms with Crippen LogP contribution in [-0.4, -0.2) is 12.7 Å². The molecule has 25 heavy (non-hydrogen) atoms. The third-order valence-corrected chi connectivity index (χ3v) is 5.69. The van der Waals surface area contributed by atoms with Crippen LogP contribution in [-0.2, 0) is 23.1 Å². The fourth-order valence-electron chi connectivity index (χ4n) is 2.62. The maximum Gasteiger partial charge on any atom is 0.243 e. The van der Waals surface area contributed by atoms with Crippen LogP contribution in [0.4, 0.5) is 5.69 Å². The summed E-state index contributed by atoms with van der Waals surface area (Å²) in [7, 11) is -3.67. The van der Waals surface area contributed by atoms with Crippen molar-refractivity contribution in [3.8, 4) is 0 Å². The van der Waals surface area contributed by atoms with Crippen molar-refractivity contribution < 1.29 is 8.42 Å². The van der Waals surface area contributed by atoms with Gasteiger partial charge in [-0.1, -0.05) is 66.7 Å². The second-order valence-electron chi connectivity index (χ2n) is 5.82. The van der Waals surface area contributed by atoms with Gasteiger partial charge in [0.05, 0.1) is 4.90 Å². The van der Waals surface area contributed by atoms with Gasteiger partial charge in [0.2, 0.25) is 10.0 Å². The van der Waals surface area contributed by atoms with E-state index in [0.717, 1.165) is 11.1 Å². The van der Waals surface area contributed by atoms with Crippen LogP contribution in [0.3, 0.4) is 0 Å². The number of benzene rings is 3. The third kappa shape index (κ3) is 4.26. The van der Waals surface area contributed by atoms with Crippen molar-refractivity contribution >= 4 is 15.7 Å². The van der Waals surface area contributed by atoms with E-state index in [4.69, 9.17) is 5.73 Å². The van der Waals surface area contributed by atoms with E-state index in [-0.39, 0.29) is 4.90 Å². The Labute approximate surface area is 148 Å². The molecule has 0 fully saturated rings. The molecule has 0 aromatic heterocycles. The van der Waals surface area contributed by atoms with E-state index in [1.165, 1.54) is 10.4 Å². The molecule has 0 saturated carbocycles. The zero-order valence-corrected chi connectivity index (χ0v) is 14.6. The molecule has 3 aromatic rings. The number of hydrogen-bond donors (Lipinski definition) is 1. The van der Waals surface area contributed by atoms with Gasteiger partial charge in [0, 0.05) is 18.8 Å². The fraction of sp³-hybridized carbons (Fsp3) is 0.100. The zero-order valence-electron chi connectivity index (χ0n) is 13.7. The molecule has 4 nitrogen and oxygen atoms in total. The summed E-state index contributed by atoms with van der Waals surface area (Å²) in [6, 6.07) is 25.6. The SMILES string of the molecule is Nc1cccc(S(=O)(=O)N(Cc2ccccc2)Cc2ccccc2)c1. The molecule has 3 aromatic carbocycles. The number of nitrogens with zero attached hydrogens (tertiary/aromatic N) is 1. The molecule has 0 bridgehead atoms. The van der Waals surface area contributed by atoms with Gasteiger partial charge in [-0.05, 0) is 29.3 Å². The van der Waals surface area contributed by atoms with Crippen LogP contribution in [0.1, 0.15) is 11.1 Å². The Morgan fingerprint density at radius 3 is 1.72 bits per heavy atom. The van der Waals surface area contributed by atoms with Gasteiger partial charge in [-0.2, -0.15) is 4.31 Å². The maximum absolute atomic E-state index is 13.2. The zero-order chi connectivity index (χ0) is 17.7. The van der Waals surface area contributed by atoms with E-state index in [1.807, 2.05) is 60.7 Å². The van der Waals surface area contributed by atoms with Gasteiger partial charge in [-0.3, -0.25) is 0 Å². The average molecular weight is 352 g/mol. The summed E-state index contributed by atoms with van der Waals surface area (Å²) in [5, 5.41) is 0. The van der Waals surface area contributed by atoms with Crippen LogP contribution in [0, 0.1) is 0 Å². The minimum atomic E-state index is -3.67. The van der Waals surface area contributed by atoms with Gasteiger partial charge in [0.1, 0.15) is 0 Å². The molecule has 0 radical (unpaired) electrons. The Balaban J connectivity index is 1.97. The molecule has 2 N–H and O–H groups in total. The van der Waals surface area contributed by atoms with E-state index >= 15 is 0 Å². The predicted molar refractivity (Wildman–Crippen MR) is 100 cm³/mol. The first-order valence-electron chi connectivity index (χ1n) is 7.99. The summed E-state index contributed by atoms with van der Waals surface area (Å²) in [6.07, 6.45) is 0. The van der Waals surface area contributed by atoms with Gasteiger partial charge in [0.15, 0.2) is 0 Å². The highest BCUT2D eigenvalue weighted by Crippen LogP contribution is 2.22. The van der Waals surface area contributed by atoms with Crippen LogP contribution >= 0.6 is 0 Å². The minimum absolute atomic E-state index is 0.208. The highest BCUT2D eigenvalue weighted by molar-refractivity contribution is 7.89. The monoisotopic (exact) mass is 352 g/mol. The largest absolute Gasteiger partial charge is 0.399 e. The van der Waals surface area contributed by atoms with Crippen molar-refractivity contribution in [3.63, 3.8) is 0 Å². The normalized spacial score (nSPS) is 11.6. The topological polar surface area (TPSA) is 63.4 Å². The summed E-state index contributed by atoms with van der Waals surface area (Å²) in [4.78, 5) is 0.208. The van der Waals surface area contributed by atoms with E-state index in [0.29, 0.717) is 18.8 Å². The van der Waals surface area contributed by atoms with E-state index < -0.39 is 10.0 Å². The van der Waals surface area contributed by atoms with Crippen LogP contribution in [0.2, 0.25) is 0 Å². The second kappa shape index (κ2) is 7.51. The molecule has 3 rings (SSSR count). The van der Waals surface area contributed by atoms with Gasteiger partial charge in [0.25, 0.3) is 0 Å². The smallest absolute Gasteiger partial charge is 0.243 e. The first-order valence-corrected chi connectivity index (χ1v) is 9.43. The highest BCUT2D eigenvalue weighted by atomic mass is 32.2. The molecule has 5 heteroatoms. The first-order chi connectivity index (χ1) is 12.1. The number of anilines is 1. The van der Waals surface area contributed by atoms with Crippen LogP contribution in [0.5, 0.6) is 0 Å². The van der Waals surface area contributed by atoms with E-state index in [2.05, 4.69) is 0 Å². The van der Waals surface area contributed by atoms with Crippen molar-refractivity contribution in [2.75, 3.05) is 5.73 Å². The lowest BCUT2D eigenvalue weighted by Crippen LogP contribution is -2.30. The number of nitrogen functional groups attached to an aromatic ring is 1. The second-order valence-corrected chi connectivity index (χ2v) is 7.75. The van der Waals surface area contributed by atoms with Gasteiger partial charge < -0.3 is 5.73 Å². The first kappa shape index (κ1) is 17.2. The molecule has 0 heterocycles. The molecule has 128 valence electrons. The Morgan fingerprint density at radius 2 is 1.24 bits per heavy atom. The van der Waals surface area contributed by atoms with E-state index in [9.17, 15) is 8.42 Å². The molecule has 0 aliphatic carbocycles. The van der Waals surface area contributed by atoms with Crippen molar-refractivity contribution in [1.29, 1.82) is 0 Å². The lowest BCUT2D eigenvalue weighted by Gasteiger charge is -2.23. The highest BCUT2D eigenvalue weighted by Gasteiger charge is 2.25. The lowest BCUT2D eigenvalue weighted by atomic mass is 10.2. The van der Waals surface area contributed by atoms with Crippen molar-refractivity contribution in [1.82, 2.24) is 4.31 Å². The molecular weight excluding hydrogens is 332 g/mol. The Bertz CT molecular complexity index is 885. The van der Waals surface area contributed by atoms with Crippen molar-refractivity contribution in [2.24, 2.45) is 0 Å². The third-order valence-electron chi connectivity index (χ3n) is 3.90. The molecule has 0 saturated heterocycles. The van der Waals surface area contributed by atoms with E-state index in [1.54, 1.807) is 18.2 Å². The Kier molecular flexibility index (Phi) is 5.16. The summed E-state index contributed by atoms with van der Waals surface area (Å²) in [5.74, 6) is 0. The standard InChI is InChI=1S/C20H20N2O2S/c21-19-12-7-13-20(14-19)25(23,24)22(15-17-8-3-1-4-9-17)16-18-10-5-2-6-11-18/h1-14H,15-16,21H2. The number of sulfonamides is 1. The Morgan fingerprint density at radius 1 is 0.720 bits per heavy atom. The Hall–Kier alpha value is -2.63. The van der Waals surface area contributed by atoms with Gasteiger partial charge in [-0.15, -0.1) is 0 Å². The molecule has 0 aliphatic heterocycles. The van der Waals surface area contributed by atoms with Crippen molar-refractivity contribution in [3.05, 3.63) is 96.1 Å². The molecular formula is C20H20N2O2S. The number of nitrogens with two attached hydrogens (primary N) is 1. The molecule has 0 unspecified atom stereocenters. The number of hydrogen-bond acceptors (Lipinski definition) is 3. The van der Waals surface area contributed by atoms with Crippen LogP contribution < -0.4 is 5.73 Å². The lowest BCUT2D eigenvalue weighted by molar-refractivity contribution is 0.401. The molecule has 0 aliphatic rings. The number of rotatable bonds is 6. The van der Waals surface area contributed by atoms with Gasteiger partial charge in [-0.25, -0.2) is 8.42 Å². The summed E-state index contributed by atoms with van der Waals surface area (Å²) in [6.45, 7) is 0.597. The molecule has 0 atom stereocenters. The van der Waals surface area contributed by atoms with Crippen molar-refractivity contribution in [2.45, 2.75) is 18.0 Å². The summed E-state index contributed by atoms with van der Waals surface area (Å²) >= 11 is 0. The van der Waals surface area contributed by atoms with Crippen LogP contribution in [0.15, 0.2) is 89.8 Å². The summed E-state index contributed by atoms with van der Waals surface area (Å²) < 4.78 is 27.8.